The summed E-state index contributed by atoms with van der Waals surface area (Å²) in [4.78, 5) is 30.7. The van der Waals surface area contributed by atoms with Gasteiger partial charge in [0.2, 0.25) is 5.91 Å². The van der Waals surface area contributed by atoms with Gasteiger partial charge in [-0.15, -0.1) is 0 Å². The van der Waals surface area contributed by atoms with Crippen LogP contribution in [0.5, 0.6) is 0 Å². The molecule has 0 aromatic heterocycles. The van der Waals surface area contributed by atoms with E-state index in [4.69, 9.17) is 0 Å². The van der Waals surface area contributed by atoms with Crippen LogP contribution in [0.4, 0.5) is 11.4 Å². The van der Waals surface area contributed by atoms with Crippen LogP contribution in [0, 0.1) is 6.92 Å². The number of rotatable bonds is 3. The lowest BCUT2D eigenvalue weighted by molar-refractivity contribution is -0.119. The van der Waals surface area contributed by atoms with Gasteiger partial charge in [-0.3, -0.25) is 19.4 Å². The van der Waals surface area contributed by atoms with E-state index >= 15 is 0 Å². The van der Waals surface area contributed by atoms with Crippen LogP contribution in [0.1, 0.15) is 15.9 Å². The van der Waals surface area contributed by atoms with Crippen LogP contribution in [0.3, 0.4) is 0 Å². The van der Waals surface area contributed by atoms with Crippen molar-refractivity contribution in [3.63, 3.8) is 0 Å². The monoisotopic (exact) mass is 323 g/mol. The molecule has 2 aromatic carbocycles. The Bertz CT molecular complexity index is 768. The van der Waals surface area contributed by atoms with Gasteiger partial charge in [0.15, 0.2) is 0 Å². The first-order valence-electron chi connectivity index (χ1n) is 7.90. The predicted octanol–water partition coefficient (Wildman–Crippen LogP) is 2.51. The minimum atomic E-state index is -0.0802. The van der Waals surface area contributed by atoms with Crippen LogP contribution in [0.25, 0.3) is 0 Å². The van der Waals surface area contributed by atoms with Gasteiger partial charge in [-0.25, -0.2) is 0 Å². The molecule has 0 fully saturated rings. The topological polar surface area (TPSA) is 43.9 Å². The van der Waals surface area contributed by atoms with Gasteiger partial charge in [-0.1, -0.05) is 29.8 Å². The highest BCUT2D eigenvalue weighted by atomic mass is 16.2. The van der Waals surface area contributed by atoms with Crippen molar-refractivity contribution >= 4 is 23.2 Å². The summed E-state index contributed by atoms with van der Waals surface area (Å²) in [5.41, 5.74) is 3.15. The summed E-state index contributed by atoms with van der Waals surface area (Å²) >= 11 is 0. The number of fused-ring (bicyclic) bond motifs is 1. The highest BCUT2D eigenvalue weighted by Gasteiger charge is 2.32. The van der Waals surface area contributed by atoms with Crippen molar-refractivity contribution in [1.29, 1.82) is 0 Å². The van der Waals surface area contributed by atoms with E-state index < -0.39 is 0 Å². The summed E-state index contributed by atoms with van der Waals surface area (Å²) in [6.07, 6.45) is 0. The molecule has 0 N–H and O–H groups in total. The number of aryl methyl sites for hydroxylation is 1. The molecule has 1 heterocycles. The van der Waals surface area contributed by atoms with Crippen molar-refractivity contribution in [3.05, 3.63) is 59.7 Å². The van der Waals surface area contributed by atoms with Gasteiger partial charge in [-0.2, -0.15) is 0 Å². The first kappa shape index (κ1) is 16.2. The second kappa shape index (κ2) is 6.45. The molecule has 0 spiro atoms. The second-order valence-electron chi connectivity index (χ2n) is 6.29. The maximum Gasteiger partial charge on any atom is 0.261 e. The fraction of sp³-hybridized carbons (Fsp3) is 0.263. The molecule has 1 aliphatic heterocycles. The average molecular weight is 323 g/mol. The average Bonchev–Trinajstić information content (AvgIpc) is 2.56. The first-order chi connectivity index (χ1) is 11.5. The van der Waals surface area contributed by atoms with Gasteiger partial charge in [0, 0.05) is 5.69 Å². The summed E-state index contributed by atoms with van der Waals surface area (Å²) in [5, 5.41) is 0. The Hall–Kier alpha value is -2.66. The highest BCUT2D eigenvalue weighted by Crippen LogP contribution is 2.30. The van der Waals surface area contributed by atoms with Crippen LogP contribution in [0.15, 0.2) is 48.5 Å². The molecule has 0 saturated heterocycles. The van der Waals surface area contributed by atoms with Gasteiger partial charge < -0.3 is 4.90 Å². The Labute approximate surface area is 142 Å². The normalized spacial score (nSPS) is 14.1. The number of nitrogens with zero attached hydrogens (tertiary/aromatic N) is 3. The van der Waals surface area contributed by atoms with Crippen LogP contribution in [-0.4, -0.2) is 44.0 Å². The molecule has 0 bridgehead atoms. The molecule has 5 nitrogen and oxygen atoms in total. The third-order valence-corrected chi connectivity index (χ3v) is 4.05. The lowest BCUT2D eigenvalue weighted by Crippen LogP contribution is -2.51. The van der Waals surface area contributed by atoms with E-state index in [1.807, 2.05) is 68.4 Å². The molecule has 124 valence electrons. The van der Waals surface area contributed by atoms with E-state index in [9.17, 15) is 9.59 Å². The van der Waals surface area contributed by atoms with Crippen molar-refractivity contribution in [2.24, 2.45) is 0 Å². The van der Waals surface area contributed by atoms with Crippen molar-refractivity contribution in [2.75, 3.05) is 37.1 Å². The number of anilines is 2. The lowest BCUT2D eigenvalue weighted by atomic mass is 10.1. The van der Waals surface area contributed by atoms with Crippen molar-refractivity contribution < 1.29 is 9.59 Å². The smallest absolute Gasteiger partial charge is 0.261 e. The Morgan fingerprint density at radius 2 is 1.75 bits per heavy atom. The van der Waals surface area contributed by atoms with Crippen LogP contribution < -0.4 is 9.80 Å². The van der Waals surface area contributed by atoms with Gasteiger partial charge in [-0.05, 0) is 45.3 Å². The molecule has 3 rings (SSSR count). The SMILES string of the molecule is Cc1ccc(N2CN(C(=O)CN(C)C)c3ccccc3C2=O)cc1. The van der Waals surface area contributed by atoms with E-state index in [1.165, 1.54) is 0 Å². The molecule has 0 saturated carbocycles. The molecular formula is C19H21N3O2. The highest BCUT2D eigenvalue weighted by molar-refractivity contribution is 6.15. The summed E-state index contributed by atoms with van der Waals surface area (Å²) in [7, 11) is 3.72. The van der Waals surface area contributed by atoms with Crippen LogP contribution >= 0.6 is 0 Å². The predicted molar refractivity (Wildman–Crippen MR) is 95.3 cm³/mol. The van der Waals surface area contributed by atoms with E-state index in [-0.39, 0.29) is 18.5 Å². The Morgan fingerprint density at radius 3 is 2.42 bits per heavy atom. The van der Waals surface area contributed by atoms with Crippen molar-refractivity contribution in [1.82, 2.24) is 4.90 Å². The number of hydrogen-bond donors (Lipinski definition) is 0. The number of likely N-dealkylation sites (N-methyl/N-ethyl adjacent to an activating group) is 1. The largest absolute Gasteiger partial charge is 0.301 e. The maximum absolute atomic E-state index is 12.9. The quantitative estimate of drug-likeness (QED) is 0.872. The van der Waals surface area contributed by atoms with Crippen molar-refractivity contribution in [2.45, 2.75) is 6.92 Å². The fourth-order valence-corrected chi connectivity index (χ4v) is 2.81. The van der Waals surface area contributed by atoms with Crippen molar-refractivity contribution in [3.8, 4) is 0 Å². The van der Waals surface area contributed by atoms with Crippen LogP contribution in [-0.2, 0) is 4.79 Å². The number of carbonyl (C=O) groups is 2. The Balaban J connectivity index is 2.01. The second-order valence-corrected chi connectivity index (χ2v) is 6.29. The molecule has 2 aromatic rings. The van der Waals surface area contributed by atoms with Gasteiger partial charge in [0.05, 0.1) is 17.8 Å². The number of carbonyl (C=O) groups excluding carboxylic acids is 2. The van der Waals surface area contributed by atoms with Gasteiger partial charge >= 0.3 is 0 Å². The fourth-order valence-electron chi connectivity index (χ4n) is 2.81. The minimum Gasteiger partial charge on any atom is -0.301 e. The number of benzene rings is 2. The first-order valence-corrected chi connectivity index (χ1v) is 7.90. The van der Waals surface area contributed by atoms with E-state index in [2.05, 4.69) is 0 Å². The van der Waals surface area contributed by atoms with E-state index in [0.29, 0.717) is 17.8 Å². The minimum absolute atomic E-state index is 0.0305. The zero-order chi connectivity index (χ0) is 17.3. The third-order valence-electron chi connectivity index (χ3n) is 4.05. The zero-order valence-corrected chi connectivity index (χ0v) is 14.2. The number of amides is 2. The number of para-hydroxylation sites is 1. The molecule has 24 heavy (non-hydrogen) atoms. The lowest BCUT2D eigenvalue weighted by Gasteiger charge is -2.37. The maximum atomic E-state index is 12.9. The summed E-state index contributed by atoms with van der Waals surface area (Å²) in [6, 6.07) is 15.0. The third kappa shape index (κ3) is 3.03. The molecule has 5 heteroatoms. The zero-order valence-electron chi connectivity index (χ0n) is 14.2. The van der Waals surface area contributed by atoms with Gasteiger partial charge in [0.1, 0.15) is 6.67 Å². The standard InChI is InChI=1S/C19H21N3O2/c1-14-8-10-15(11-9-14)21-13-22(18(23)12-20(2)3)17-7-5-4-6-16(17)19(21)24/h4-11H,12-13H2,1-3H3. The molecule has 2 amide bonds. The van der Waals surface area contributed by atoms with Gasteiger partial charge in [0.25, 0.3) is 5.91 Å². The Morgan fingerprint density at radius 1 is 1.08 bits per heavy atom. The molecule has 0 radical (unpaired) electrons. The Kier molecular flexibility index (Phi) is 4.36. The summed E-state index contributed by atoms with van der Waals surface area (Å²) in [6.45, 7) is 2.53. The molecule has 0 unspecified atom stereocenters. The summed E-state index contributed by atoms with van der Waals surface area (Å²) in [5.74, 6) is -0.111. The van der Waals surface area contributed by atoms with E-state index in [0.717, 1.165) is 11.3 Å². The van der Waals surface area contributed by atoms with Crippen LogP contribution in [0.2, 0.25) is 0 Å². The number of hydrogen-bond acceptors (Lipinski definition) is 3. The summed E-state index contributed by atoms with van der Waals surface area (Å²) < 4.78 is 0. The molecule has 1 aliphatic rings. The van der Waals surface area contributed by atoms with E-state index in [1.54, 1.807) is 15.9 Å². The molecular weight excluding hydrogens is 302 g/mol. The molecule has 0 aliphatic carbocycles. The molecule has 0 atom stereocenters.